The Bertz CT molecular complexity index is 924. The summed E-state index contributed by atoms with van der Waals surface area (Å²) in [6.07, 6.45) is 0.977. The molecule has 3 amide bonds. The molecule has 0 radical (unpaired) electrons. The van der Waals surface area contributed by atoms with E-state index in [1.54, 1.807) is 31.2 Å². The number of hydrogen-bond donors (Lipinski definition) is 1. The third-order valence-electron chi connectivity index (χ3n) is 5.17. The van der Waals surface area contributed by atoms with Gasteiger partial charge in [0, 0.05) is 24.9 Å². The SMILES string of the molecule is CCOC(=O)C(CNC(=O)c1ccc(CN2C(=O)CCC2=O)cc1)Cc1ccccc1. The van der Waals surface area contributed by atoms with E-state index in [0.717, 1.165) is 11.1 Å². The standard InChI is InChI=1S/C24H26N2O5/c1-2-31-24(30)20(14-17-6-4-3-5-7-17)15-25-23(29)19-10-8-18(9-11-19)16-26-21(27)12-13-22(26)28/h3-11,20H,2,12-16H2,1H3,(H,25,29). The Labute approximate surface area is 181 Å². The molecule has 1 saturated heterocycles. The highest BCUT2D eigenvalue weighted by Gasteiger charge is 2.28. The lowest BCUT2D eigenvalue weighted by molar-refractivity contribution is -0.147. The average Bonchev–Trinajstić information content (AvgIpc) is 3.09. The molecule has 1 atom stereocenters. The molecule has 1 aliphatic rings. The van der Waals surface area contributed by atoms with Gasteiger partial charge in [0.25, 0.3) is 5.91 Å². The minimum atomic E-state index is -0.488. The van der Waals surface area contributed by atoms with E-state index in [2.05, 4.69) is 5.32 Å². The molecule has 1 fully saturated rings. The van der Waals surface area contributed by atoms with Crippen LogP contribution < -0.4 is 5.32 Å². The van der Waals surface area contributed by atoms with E-state index in [4.69, 9.17) is 4.74 Å². The van der Waals surface area contributed by atoms with Crippen molar-refractivity contribution in [2.75, 3.05) is 13.2 Å². The first-order valence-corrected chi connectivity index (χ1v) is 10.4. The van der Waals surface area contributed by atoms with Gasteiger partial charge < -0.3 is 10.1 Å². The maximum absolute atomic E-state index is 12.6. The summed E-state index contributed by atoms with van der Waals surface area (Å²) < 4.78 is 5.16. The van der Waals surface area contributed by atoms with Crippen LogP contribution in [-0.4, -0.2) is 41.7 Å². The highest BCUT2D eigenvalue weighted by Crippen LogP contribution is 2.16. The zero-order valence-electron chi connectivity index (χ0n) is 17.5. The van der Waals surface area contributed by atoms with Crippen molar-refractivity contribution in [2.45, 2.75) is 32.7 Å². The van der Waals surface area contributed by atoms with Crippen LogP contribution in [0, 0.1) is 5.92 Å². The van der Waals surface area contributed by atoms with Crippen molar-refractivity contribution >= 4 is 23.7 Å². The first kappa shape index (κ1) is 22.2. The number of likely N-dealkylation sites (tertiary alicyclic amines) is 1. The summed E-state index contributed by atoms with van der Waals surface area (Å²) in [4.78, 5) is 49.6. The molecule has 0 bridgehead atoms. The van der Waals surface area contributed by atoms with Crippen molar-refractivity contribution in [3.63, 3.8) is 0 Å². The molecular formula is C24H26N2O5. The van der Waals surface area contributed by atoms with E-state index in [1.165, 1.54) is 4.90 Å². The number of carbonyl (C=O) groups is 4. The van der Waals surface area contributed by atoms with Crippen molar-refractivity contribution in [2.24, 2.45) is 5.92 Å². The van der Waals surface area contributed by atoms with Gasteiger partial charge in [-0.05, 0) is 36.6 Å². The fraction of sp³-hybridized carbons (Fsp3) is 0.333. The van der Waals surface area contributed by atoms with Gasteiger partial charge in [-0.25, -0.2) is 0 Å². The molecule has 1 unspecified atom stereocenters. The zero-order chi connectivity index (χ0) is 22.2. The Morgan fingerprint density at radius 1 is 0.968 bits per heavy atom. The molecule has 1 N–H and O–H groups in total. The van der Waals surface area contributed by atoms with Crippen LogP contribution in [0.4, 0.5) is 0 Å². The lowest BCUT2D eigenvalue weighted by atomic mass is 9.99. The summed E-state index contributed by atoms with van der Waals surface area (Å²) in [7, 11) is 0. The Morgan fingerprint density at radius 3 is 2.23 bits per heavy atom. The molecule has 0 saturated carbocycles. The largest absolute Gasteiger partial charge is 0.466 e. The van der Waals surface area contributed by atoms with Gasteiger partial charge >= 0.3 is 5.97 Å². The van der Waals surface area contributed by atoms with Crippen LogP contribution in [0.2, 0.25) is 0 Å². The Hall–Kier alpha value is -3.48. The van der Waals surface area contributed by atoms with Crippen LogP contribution in [0.25, 0.3) is 0 Å². The van der Waals surface area contributed by atoms with Gasteiger partial charge in [-0.3, -0.25) is 24.1 Å². The van der Waals surface area contributed by atoms with E-state index in [0.29, 0.717) is 12.0 Å². The predicted octanol–water partition coefficient (Wildman–Crippen LogP) is 2.49. The molecule has 0 aliphatic carbocycles. The number of imide groups is 1. The van der Waals surface area contributed by atoms with Gasteiger partial charge in [0.05, 0.1) is 19.1 Å². The number of amides is 3. The maximum Gasteiger partial charge on any atom is 0.311 e. The summed E-state index contributed by atoms with van der Waals surface area (Å²) in [6.45, 7) is 2.40. The number of esters is 1. The lowest BCUT2D eigenvalue weighted by Gasteiger charge is -2.17. The van der Waals surface area contributed by atoms with E-state index < -0.39 is 5.92 Å². The van der Waals surface area contributed by atoms with Crippen LogP contribution in [0.1, 0.15) is 41.3 Å². The van der Waals surface area contributed by atoms with Gasteiger partial charge in [0.1, 0.15) is 0 Å². The van der Waals surface area contributed by atoms with E-state index in [9.17, 15) is 19.2 Å². The second-order valence-corrected chi connectivity index (χ2v) is 7.42. The second-order valence-electron chi connectivity index (χ2n) is 7.42. The number of nitrogens with zero attached hydrogens (tertiary/aromatic N) is 1. The van der Waals surface area contributed by atoms with Crippen molar-refractivity contribution in [3.05, 3.63) is 71.3 Å². The average molecular weight is 422 g/mol. The number of rotatable bonds is 9. The molecule has 2 aromatic carbocycles. The van der Waals surface area contributed by atoms with Crippen LogP contribution >= 0.6 is 0 Å². The topological polar surface area (TPSA) is 92.8 Å². The molecule has 7 heteroatoms. The molecule has 7 nitrogen and oxygen atoms in total. The molecule has 1 heterocycles. The smallest absolute Gasteiger partial charge is 0.311 e. The molecule has 1 aliphatic heterocycles. The van der Waals surface area contributed by atoms with Crippen molar-refractivity contribution in [1.29, 1.82) is 0 Å². The third kappa shape index (κ3) is 6.01. The lowest BCUT2D eigenvalue weighted by Crippen LogP contribution is -2.35. The molecular weight excluding hydrogens is 396 g/mol. The number of ether oxygens (including phenoxy) is 1. The van der Waals surface area contributed by atoms with Crippen molar-refractivity contribution in [1.82, 2.24) is 10.2 Å². The summed E-state index contributed by atoms with van der Waals surface area (Å²) in [6, 6.07) is 16.3. The van der Waals surface area contributed by atoms with E-state index in [-0.39, 0.29) is 56.2 Å². The first-order chi connectivity index (χ1) is 15.0. The van der Waals surface area contributed by atoms with Crippen LogP contribution in [0.15, 0.2) is 54.6 Å². The van der Waals surface area contributed by atoms with Crippen LogP contribution in [0.3, 0.4) is 0 Å². The number of hydrogen-bond acceptors (Lipinski definition) is 5. The van der Waals surface area contributed by atoms with Gasteiger partial charge in [0.15, 0.2) is 0 Å². The summed E-state index contributed by atoms with van der Waals surface area (Å²) in [5.74, 6) is -1.48. The minimum Gasteiger partial charge on any atom is -0.466 e. The molecule has 31 heavy (non-hydrogen) atoms. The van der Waals surface area contributed by atoms with Crippen LogP contribution in [0.5, 0.6) is 0 Å². The monoisotopic (exact) mass is 422 g/mol. The predicted molar refractivity (Wildman–Crippen MR) is 114 cm³/mol. The minimum absolute atomic E-state index is 0.158. The summed E-state index contributed by atoms with van der Waals surface area (Å²) in [5.41, 5.74) is 2.20. The van der Waals surface area contributed by atoms with E-state index >= 15 is 0 Å². The Balaban J connectivity index is 1.59. The fourth-order valence-corrected chi connectivity index (χ4v) is 3.46. The fourth-order valence-electron chi connectivity index (χ4n) is 3.46. The van der Waals surface area contributed by atoms with Gasteiger partial charge in [-0.2, -0.15) is 0 Å². The van der Waals surface area contributed by atoms with Crippen LogP contribution in [-0.2, 0) is 32.1 Å². The quantitative estimate of drug-likeness (QED) is 0.495. The third-order valence-corrected chi connectivity index (χ3v) is 5.17. The molecule has 2 aromatic rings. The molecule has 162 valence electrons. The number of carbonyl (C=O) groups excluding carboxylic acids is 4. The number of benzene rings is 2. The molecule has 3 rings (SSSR count). The van der Waals surface area contributed by atoms with E-state index in [1.807, 2.05) is 30.3 Å². The van der Waals surface area contributed by atoms with Gasteiger partial charge in [-0.1, -0.05) is 42.5 Å². The highest BCUT2D eigenvalue weighted by molar-refractivity contribution is 6.01. The van der Waals surface area contributed by atoms with Crippen molar-refractivity contribution < 1.29 is 23.9 Å². The zero-order valence-corrected chi connectivity index (χ0v) is 17.5. The number of nitrogens with one attached hydrogen (secondary N) is 1. The highest BCUT2D eigenvalue weighted by atomic mass is 16.5. The molecule has 0 spiro atoms. The molecule has 0 aromatic heterocycles. The van der Waals surface area contributed by atoms with Gasteiger partial charge in [-0.15, -0.1) is 0 Å². The van der Waals surface area contributed by atoms with Gasteiger partial charge in [0.2, 0.25) is 11.8 Å². The Kier molecular flexibility index (Phi) is 7.54. The van der Waals surface area contributed by atoms with Crippen molar-refractivity contribution in [3.8, 4) is 0 Å². The normalized spacial score (nSPS) is 14.4. The summed E-state index contributed by atoms with van der Waals surface area (Å²) >= 11 is 0. The second kappa shape index (κ2) is 10.5. The summed E-state index contributed by atoms with van der Waals surface area (Å²) in [5, 5.41) is 2.81. The Morgan fingerprint density at radius 2 is 1.61 bits per heavy atom. The first-order valence-electron chi connectivity index (χ1n) is 10.4. The maximum atomic E-state index is 12.6.